The molecule has 1 atom stereocenters. The molecule has 2 amide bonds. The van der Waals surface area contributed by atoms with Crippen LogP contribution in [0.3, 0.4) is 0 Å². The number of methoxy groups -OCH3 is 1. The Morgan fingerprint density at radius 2 is 1.74 bits per heavy atom. The maximum absolute atomic E-state index is 12.4. The summed E-state index contributed by atoms with van der Waals surface area (Å²) < 4.78 is 4.83. The number of carbonyl (C=O) groups excluding carboxylic acids is 2. The number of piperazine rings is 1. The highest BCUT2D eigenvalue weighted by atomic mass is 16.5. The quantitative estimate of drug-likeness (QED) is 0.743. The summed E-state index contributed by atoms with van der Waals surface area (Å²) in [7, 11) is 1.51. The van der Waals surface area contributed by atoms with Crippen molar-refractivity contribution in [3.8, 4) is 0 Å². The van der Waals surface area contributed by atoms with Gasteiger partial charge in [-0.25, -0.2) is 0 Å². The predicted molar refractivity (Wildman–Crippen MR) is 72.5 cm³/mol. The zero-order valence-corrected chi connectivity index (χ0v) is 12.1. The molecule has 0 saturated carbocycles. The van der Waals surface area contributed by atoms with E-state index >= 15 is 0 Å². The van der Waals surface area contributed by atoms with Crippen LogP contribution in [0.4, 0.5) is 0 Å². The van der Waals surface area contributed by atoms with Gasteiger partial charge in [-0.2, -0.15) is 0 Å². The second-order valence-electron chi connectivity index (χ2n) is 5.22. The lowest BCUT2D eigenvalue weighted by atomic mass is 9.86. The van der Waals surface area contributed by atoms with Crippen molar-refractivity contribution in [3.63, 3.8) is 0 Å². The molecule has 6 nitrogen and oxygen atoms in total. The number of hydrogen-bond acceptors (Lipinski definition) is 4. The third-order valence-corrected chi connectivity index (χ3v) is 3.93. The summed E-state index contributed by atoms with van der Waals surface area (Å²) in [5.74, 6) is 0.0722. The minimum absolute atomic E-state index is 0.0216. The van der Waals surface area contributed by atoms with Gasteiger partial charge in [0.1, 0.15) is 6.61 Å². The molecule has 1 heterocycles. The molecule has 1 unspecified atom stereocenters. The average Bonchev–Trinajstić information content (AvgIpc) is 2.46. The van der Waals surface area contributed by atoms with Crippen molar-refractivity contribution in [2.24, 2.45) is 11.1 Å². The van der Waals surface area contributed by atoms with E-state index in [0.717, 1.165) is 6.42 Å². The molecule has 110 valence electrons. The predicted octanol–water partition coefficient (Wildman–Crippen LogP) is -0.321. The van der Waals surface area contributed by atoms with Gasteiger partial charge in [0.15, 0.2) is 0 Å². The van der Waals surface area contributed by atoms with E-state index in [1.165, 1.54) is 7.11 Å². The summed E-state index contributed by atoms with van der Waals surface area (Å²) in [5.41, 5.74) is 5.22. The van der Waals surface area contributed by atoms with Gasteiger partial charge in [-0.3, -0.25) is 9.59 Å². The first-order chi connectivity index (χ1) is 8.98. The Morgan fingerprint density at radius 3 is 2.16 bits per heavy atom. The first-order valence-corrected chi connectivity index (χ1v) is 6.74. The maximum Gasteiger partial charge on any atom is 0.248 e. The van der Waals surface area contributed by atoms with Crippen molar-refractivity contribution in [2.45, 2.75) is 20.3 Å². The van der Waals surface area contributed by atoms with Crippen molar-refractivity contribution in [3.05, 3.63) is 0 Å². The van der Waals surface area contributed by atoms with Crippen molar-refractivity contribution in [1.82, 2.24) is 9.80 Å². The van der Waals surface area contributed by atoms with Crippen LogP contribution in [0.5, 0.6) is 0 Å². The Morgan fingerprint density at radius 1 is 1.21 bits per heavy atom. The Labute approximate surface area is 114 Å². The van der Waals surface area contributed by atoms with E-state index in [-0.39, 0.29) is 18.4 Å². The average molecular weight is 271 g/mol. The maximum atomic E-state index is 12.4. The van der Waals surface area contributed by atoms with Crippen LogP contribution < -0.4 is 5.73 Å². The number of nitrogens with zero attached hydrogens (tertiary/aromatic N) is 2. The molecule has 1 fully saturated rings. The fraction of sp³-hybridized carbons (Fsp3) is 0.846. The van der Waals surface area contributed by atoms with E-state index in [1.54, 1.807) is 4.90 Å². The number of hydrogen-bond donors (Lipinski definition) is 1. The van der Waals surface area contributed by atoms with E-state index in [1.807, 2.05) is 18.7 Å². The second-order valence-corrected chi connectivity index (χ2v) is 5.22. The number of ether oxygens (including phenoxy) is 1. The van der Waals surface area contributed by atoms with Crippen LogP contribution in [0.15, 0.2) is 0 Å². The molecule has 6 heteroatoms. The second kappa shape index (κ2) is 6.86. The van der Waals surface area contributed by atoms with Gasteiger partial charge in [-0.05, 0) is 13.3 Å². The molecule has 2 N–H and O–H groups in total. The molecule has 0 aromatic rings. The third-order valence-electron chi connectivity index (χ3n) is 3.93. The monoisotopic (exact) mass is 271 g/mol. The summed E-state index contributed by atoms with van der Waals surface area (Å²) in [6, 6.07) is 0. The lowest BCUT2D eigenvalue weighted by Crippen LogP contribution is -2.55. The fourth-order valence-corrected chi connectivity index (χ4v) is 2.14. The van der Waals surface area contributed by atoms with Crippen LogP contribution in [0.1, 0.15) is 20.3 Å². The topological polar surface area (TPSA) is 75.9 Å². The first-order valence-electron chi connectivity index (χ1n) is 6.74. The van der Waals surface area contributed by atoms with Gasteiger partial charge in [-0.15, -0.1) is 0 Å². The van der Waals surface area contributed by atoms with Crippen LogP contribution in [0.2, 0.25) is 0 Å². The smallest absolute Gasteiger partial charge is 0.248 e. The van der Waals surface area contributed by atoms with Crippen molar-refractivity contribution < 1.29 is 14.3 Å². The van der Waals surface area contributed by atoms with Crippen molar-refractivity contribution in [2.75, 3.05) is 46.4 Å². The van der Waals surface area contributed by atoms with E-state index < -0.39 is 5.41 Å². The van der Waals surface area contributed by atoms with Crippen LogP contribution in [0, 0.1) is 5.41 Å². The molecule has 0 aromatic carbocycles. The minimum atomic E-state index is -0.487. The summed E-state index contributed by atoms with van der Waals surface area (Å²) >= 11 is 0. The van der Waals surface area contributed by atoms with Gasteiger partial charge in [0, 0.05) is 39.8 Å². The highest BCUT2D eigenvalue weighted by Gasteiger charge is 2.35. The van der Waals surface area contributed by atoms with E-state index in [2.05, 4.69) is 0 Å². The SMILES string of the molecule is CCC(C)(CN)C(=O)N1CCN(C(=O)COC)CC1. The van der Waals surface area contributed by atoms with Crippen LogP contribution >= 0.6 is 0 Å². The zero-order chi connectivity index (χ0) is 14.5. The molecule has 0 bridgehead atoms. The Hall–Kier alpha value is -1.14. The minimum Gasteiger partial charge on any atom is -0.375 e. The van der Waals surface area contributed by atoms with Gasteiger partial charge in [0.25, 0.3) is 0 Å². The van der Waals surface area contributed by atoms with Gasteiger partial charge in [0.05, 0.1) is 5.41 Å². The van der Waals surface area contributed by atoms with Gasteiger partial charge in [0.2, 0.25) is 11.8 Å². The molecule has 19 heavy (non-hydrogen) atoms. The Bertz CT molecular complexity index is 321. The van der Waals surface area contributed by atoms with Crippen molar-refractivity contribution >= 4 is 11.8 Å². The molecule has 0 spiro atoms. The number of nitrogens with two attached hydrogens (primary N) is 1. The molecule has 1 aliphatic heterocycles. The summed E-state index contributed by atoms with van der Waals surface area (Å²) in [4.78, 5) is 27.6. The number of rotatable bonds is 5. The normalized spacial score (nSPS) is 19.2. The van der Waals surface area contributed by atoms with Crippen molar-refractivity contribution in [1.29, 1.82) is 0 Å². The largest absolute Gasteiger partial charge is 0.375 e. The zero-order valence-electron chi connectivity index (χ0n) is 12.1. The molecule has 0 radical (unpaired) electrons. The van der Waals surface area contributed by atoms with E-state index in [9.17, 15) is 9.59 Å². The molecular formula is C13H25N3O3. The third kappa shape index (κ3) is 3.67. The molecule has 1 saturated heterocycles. The Balaban J connectivity index is 2.54. The summed E-state index contributed by atoms with van der Waals surface area (Å²) in [6.07, 6.45) is 0.727. The lowest BCUT2D eigenvalue weighted by Gasteiger charge is -2.39. The molecule has 0 aromatic heterocycles. The van der Waals surface area contributed by atoms with E-state index in [0.29, 0.717) is 32.7 Å². The van der Waals surface area contributed by atoms with Gasteiger partial charge >= 0.3 is 0 Å². The van der Waals surface area contributed by atoms with Gasteiger partial charge < -0.3 is 20.3 Å². The van der Waals surface area contributed by atoms with Crippen LogP contribution in [-0.2, 0) is 14.3 Å². The summed E-state index contributed by atoms with van der Waals surface area (Å²) in [5, 5.41) is 0. The van der Waals surface area contributed by atoms with Crippen LogP contribution in [0.25, 0.3) is 0 Å². The standard InChI is InChI=1S/C13H25N3O3/c1-4-13(2,10-14)12(18)16-7-5-15(6-8-16)11(17)9-19-3/h4-10,14H2,1-3H3. The fourth-order valence-electron chi connectivity index (χ4n) is 2.14. The number of carbonyl (C=O) groups is 2. The Kier molecular flexibility index (Phi) is 5.75. The lowest BCUT2D eigenvalue weighted by molar-refractivity contribution is -0.147. The summed E-state index contributed by atoms with van der Waals surface area (Å²) in [6.45, 7) is 6.61. The number of amides is 2. The van der Waals surface area contributed by atoms with Crippen LogP contribution in [-0.4, -0.2) is 68.1 Å². The molecule has 1 aliphatic rings. The highest BCUT2D eigenvalue weighted by Crippen LogP contribution is 2.23. The molecule has 1 rings (SSSR count). The molecular weight excluding hydrogens is 246 g/mol. The highest BCUT2D eigenvalue weighted by molar-refractivity contribution is 5.83. The van der Waals surface area contributed by atoms with Gasteiger partial charge in [-0.1, -0.05) is 6.92 Å². The molecule has 0 aliphatic carbocycles. The van der Waals surface area contributed by atoms with E-state index in [4.69, 9.17) is 10.5 Å². The first kappa shape index (κ1) is 15.9.